The molecule has 0 amide bonds. The predicted molar refractivity (Wildman–Crippen MR) is 65.5 cm³/mol. The molecule has 0 aliphatic carbocycles. The number of hydrogen-bond donors (Lipinski definition) is 0. The molecule has 0 fully saturated rings. The Bertz CT molecular complexity index is 546. The van der Waals surface area contributed by atoms with Gasteiger partial charge in [-0.3, -0.25) is 0 Å². The van der Waals surface area contributed by atoms with E-state index in [2.05, 4.69) is 4.98 Å². The van der Waals surface area contributed by atoms with Gasteiger partial charge in [0.15, 0.2) is 5.69 Å². The number of aromatic nitrogens is 1. The average molecular weight is 263 g/mol. The fourth-order valence-electron chi connectivity index (χ4n) is 1.35. The van der Waals surface area contributed by atoms with Crippen LogP contribution >= 0.6 is 0 Å². The summed E-state index contributed by atoms with van der Waals surface area (Å²) in [6.07, 6.45) is 1.17. The van der Waals surface area contributed by atoms with Crippen molar-refractivity contribution < 1.29 is 23.4 Å². The first-order valence-corrected chi connectivity index (χ1v) is 5.67. The van der Waals surface area contributed by atoms with Crippen LogP contribution in [0.4, 0.5) is 0 Å². The van der Waals surface area contributed by atoms with Crippen molar-refractivity contribution in [3.63, 3.8) is 0 Å². The minimum absolute atomic E-state index is 0.0202. The van der Waals surface area contributed by atoms with Crippen LogP contribution in [-0.4, -0.2) is 24.7 Å². The number of ether oxygens (including phenoxy) is 3. The van der Waals surface area contributed by atoms with Crippen molar-refractivity contribution in [3.05, 3.63) is 36.2 Å². The van der Waals surface area contributed by atoms with E-state index in [1.165, 1.54) is 6.26 Å². The number of carbonyl (C=O) groups excluding carboxylic acids is 1. The Labute approximate surface area is 109 Å². The van der Waals surface area contributed by atoms with Gasteiger partial charge in [-0.25, -0.2) is 4.79 Å². The van der Waals surface area contributed by atoms with E-state index in [1.807, 2.05) is 0 Å². The summed E-state index contributed by atoms with van der Waals surface area (Å²) in [6.45, 7) is 1.99. The van der Waals surface area contributed by atoms with Crippen molar-refractivity contribution in [1.29, 1.82) is 0 Å². The van der Waals surface area contributed by atoms with Gasteiger partial charge in [-0.2, -0.15) is 4.98 Å². The van der Waals surface area contributed by atoms with Crippen LogP contribution < -0.4 is 9.47 Å². The third-order valence-electron chi connectivity index (χ3n) is 2.23. The molecule has 6 heteroatoms. The van der Waals surface area contributed by atoms with Crippen molar-refractivity contribution in [1.82, 2.24) is 4.98 Å². The molecule has 0 bridgehead atoms. The van der Waals surface area contributed by atoms with Gasteiger partial charge in [0.2, 0.25) is 0 Å². The molecule has 2 aromatic rings. The number of esters is 1. The Kier molecular flexibility index (Phi) is 4.02. The van der Waals surface area contributed by atoms with Crippen molar-refractivity contribution in [2.75, 3.05) is 13.7 Å². The molecule has 100 valence electrons. The maximum Gasteiger partial charge on any atom is 0.399 e. The zero-order chi connectivity index (χ0) is 13.7. The zero-order valence-electron chi connectivity index (χ0n) is 10.6. The minimum atomic E-state index is -0.546. The Morgan fingerprint density at radius 3 is 2.58 bits per heavy atom. The summed E-state index contributed by atoms with van der Waals surface area (Å²) in [6, 6.07) is 6.88. The highest BCUT2D eigenvalue weighted by molar-refractivity contribution is 5.86. The van der Waals surface area contributed by atoms with E-state index in [0.717, 1.165) is 0 Å². The van der Waals surface area contributed by atoms with Crippen molar-refractivity contribution in [2.45, 2.75) is 6.92 Å². The number of nitrogens with zero attached hydrogens (tertiary/aromatic N) is 1. The molecule has 0 spiro atoms. The summed E-state index contributed by atoms with van der Waals surface area (Å²) in [7, 11) is 1.58. The van der Waals surface area contributed by atoms with Gasteiger partial charge in [-0.15, -0.1) is 0 Å². The van der Waals surface area contributed by atoms with Gasteiger partial charge in [0, 0.05) is 0 Å². The van der Waals surface area contributed by atoms with Crippen LogP contribution in [0.5, 0.6) is 17.6 Å². The minimum Gasteiger partial charge on any atom is -0.497 e. The van der Waals surface area contributed by atoms with Crippen molar-refractivity contribution in [2.24, 2.45) is 0 Å². The van der Waals surface area contributed by atoms with Gasteiger partial charge in [0.1, 0.15) is 17.8 Å². The maximum atomic E-state index is 11.4. The van der Waals surface area contributed by atoms with Gasteiger partial charge in [-0.1, -0.05) is 0 Å². The topological polar surface area (TPSA) is 70.8 Å². The van der Waals surface area contributed by atoms with Crippen LogP contribution in [0.2, 0.25) is 0 Å². The van der Waals surface area contributed by atoms with Gasteiger partial charge in [0.05, 0.1) is 13.7 Å². The molecule has 0 saturated heterocycles. The third kappa shape index (κ3) is 3.25. The van der Waals surface area contributed by atoms with Crippen LogP contribution in [0.25, 0.3) is 0 Å². The van der Waals surface area contributed by atoms with Crippen LogP contribution in [-0.2, 0) is 4.74 Å². The van der Waals surface area contributed by atoms with Gasteiger partial charge >= 0.3 is 12.0 Å². The first-order valence-electron chi connectivity index (χ1n) is 5.67. The lowest BCUT2D eigenvalue weighted by Gasteiger charge is -2.02. The number of rotatable bonds is 5. The van der Waals surface area contributed by atoms with E-state index >= 15 is 0 Å². The van der Waals surface area contributed by atoms with E-state index in [1.54, 1.807) is 38.3 Å². The van der Waals surface area contributed by atoms with E-state index in [0.29, 0.717) is 11.5 Å². The fourth-order valence-corrected chi connectivity index (χ4v) is 1.35. The quantitative estimate of drug-likeness (QED) is 0.772. The lowest BCUT2D eigenvalue weighted by atomic mass is 10.3. The summed E-state index contributed by atoms with van der Waals surface area (Å²) < 4.78 is 20.2. The largest absolute Gasteiger partial charge is 0.497 e. The van der Waals surface area contributed by atoms with Crippen LogP contribution in [0.1, 0.15) is 17.4 Å². The van der Waals surface area contributed by atoms with Crippen molar-refractivity contribution in [3.8, 4) is 17.6 Å². The maximum absolute atomic E-state index is 11.4. The van der Waals surface area contributed by atoms with E-state index in [4.69, 9.17) is 18.6 Å². The molecule has 1 aromatic carbocycles. The van der Waals surface area contributed by atoms with Gasteiger partial charge in [-0.05, 0) is 31.2 Å². The van der Waals surface area contributed by atoms with Crippen LogP contribution in [0.15, 0.2) is 34.9 Å². The molecule has 0 N–H and O–H groups in total. The molecule has 0 aliphatic rings. The molecular weight excluding hydrogens is 250 g/mol. The Morgan fingerprint density at radius 1 is 1.26 bits per heavy atom. The zero-order valence-corrected chi connectivity index (χ0v) is 10.6. The molecule has 0 atom stereocenters. The molecular formula is C13H13NO5. The first kappa shape index (κ1) is 12.9. The highest BCUT2D eigenvalue weighted by Gasteiger charge is 2.14. The summed E-state index contributed by atoms with van der Waals surface area (Å²) in [5.74, 6) is 0.695. The summed E-state index contributed by atoms with van der Waals surface area (Å²) in [5, 5.41) is 0. The molecule has 1 aromatic heterocycles. The third-order valence-corrected chi connectivity index (χ3v) is 2.23. The highest BCUT2D eigenvalue weighted by Crippen LogP contribution is 2.23. The second-order valence-corrected chi connectivity index (χ2v) is 3.50. The average Bonchev–Trinajstić information content (AvgIpc) is 2.88. The van der Waals surface area contributed by atoms with Gasteiger partial charge in [0.25, 0.3) is 0 Å². The lowest BCUT2D eigenvalue weighted by molar-refractivity contribution is 0.0519. The second kappa shape index (κ2) is 5.90. The standard InChI is InChI=1S/C13H13NO5/c1-3-17-12(15)11-8-18-13(14-11)19-10-6-4-9(16-2)5-7-10/h4-8H,3H2,1-2H3. The molecule has 19 heavy (non-hydrogen) atoms. The number of hydrogen-bond acceptors (Lipinski definition) is 6. The Hall–Kier alpha value is -2.50. The second-order valence-electron chi connectivity index (χ2n) is 3.50. The smallest absolute Gasteiger partial charge is 0.399 e. The molecule has 2 rings (SSSR count). The molecule has 0 radical (unpaired) electrons. The molecule has 6 nitrogen and oxygen atoms in total. The SMILES string of the molecule is CCOC(=O)c1coc(Oc2ccc(OC)cc2)n1. The van der Waals surface area contributed by atoms with E-state index in [9.17, 15) is 4.79 Å². The number of benzene rings is 1. The van der Waals surface area contributed by atoms with E-state index < -0.39 is 5.97 Å². The Morgan fingerprint density at radius 2 is 1.95 bits per heavy atom. The fraction of sp³-hybridized carbons (Fsp3) is 0.231. The first-order chi connectivity index (χ1) is 9.22. The van der Waals surface area contributed by atoms with Crippen molar-refractivity contribution >= 4 is 5.97 Å². The number of oxazole rings is 1. The Balaban J connectivity index is 2.04. The lowest BCUT2D eigenvalue weighted by Crippen LogP contribution is -2.04. The van der Waals surface area contributed by atoms with E-state index in [-0.39, 0.29) is 18.4 Å². The van der Waals surface area contributed by atoms with Gasteiger partial charge < -0.3 is 18.6 Å². The predicted octanol–water partition coefficient (Wildman–Crippen LogP) is 2.65. The normalized spacial score (nSPS) is 10.0. The highest BCUT2D eigenvalue weighted by atomic mass is 16.6. The molecule has 0 aliphatic heterocycles. The monoisotopic (exact) mass is 263 g/mol. The summed E-state index contributed by atoms with van der Waals surface area (Å²) >= 11 is 0. The van der Waals surface area contributed by atoms with Crippen LogP contribution in [0.3, 0.4) is 0 Å². The molecule has 0 saturated carbocycles. The number of carbonyl (C=O) groups is 1. The number of methoxy groups -OCH3 is 1. The summed E-state index contributed by atoms with van der Waals surface area (Å²) in [4.78, 5) is 15.2. The molecule has 0 unspecified atom stereocenters. The molecule has 1 heterocycles. The summed E-state index contributed by atoms with van der Waals surface area (Å²) in [5.41, 5.74) is 0.0744. The van der Waals surface area contributed by atoms with Crippen LogP contribution in [0, 0.1) is 0 Å².